The first-order chi connectivity index (χ1) is 12.9. The van der Waals surface area contributed by atoms with Gasteiger partial charge >= 0.3 is 0 Å². The number of hydrogen-bond donors (Lipinski definition) is 1. The second-order valence-electron chi connectivity index (χ2n) is 7.28. The van der Waals surface area contributed by atoms with Crippen LogP contribution in [0.15, 0.2) is 59.6 Å². The fourth-order valence-corrected chi connectivity index (χ4v) is 5.24. The Balaban J connectivity index is 1.54. The predicted octanol–water partition coefficient (Wildman–Crippen LogP) is 4.13. The normalized spacial score (nSPS) is 18.4. The van der Waals surface area contributed by atoms with Crippen molar-refractivity contribution >= 4 is 20.9 Å². The summed E-state index contributed by atoms with van der Waals surface area (Å²) in [6.45, 7) is 4.94. The molecule has 2 aromatic carbocycles. The molecule has 0 amide bonds. The molecular weight excluding hydrogens is 360 g/mol. The molecule has 1 aromatic heterocycles. The Morgan fingerprint density at radius 2 is 1.85 bits per heavy atom. The largest absolute Gasteiger partial charge is 0.491 e. The maximum absolute atomic E-state index is 13.0. The van der Waals surface area contributed by atoms with E-state index in [1.807, 2.05) is 38.2 Å². The van der Waals surface area contributed by atoms with Gasteiger partial charge in [0.15, 0.2) is 0 Å². The summed E-state index contributed by atoms with van der Waals surface area (Å²) in [6.07, 6.45) is 2.90. The van der Waals surface area contributed by atoms with Gasteiger partial charge in [0.25, 0.3) is 0 Å². The third-order valence-electron chi connectivity index (χ3n) is 5.05. The number of nitrogens with zero attached hydrogens (tertiary/aromatic N) is 1. The fourth-order valence-electron chi connectivity index (χ4n) is 3.74. The van der Waals surface area contributed by atoms with Crippen LogP contribution >= 0.6 is 0 Å². The lowest BCUT2D eigenvalue weighted by Crippen LogP contribution is -2.28. The second-order valence-corrected chi connectivity index (χ2v) is 9.21. The minimum Gasteiger partial charge on any atom is -0.491 e. The molecule has 1 N–H and O–H groups in total. The average molecular weight is 385 g/mol. The molecular formula is C21H24N2O3S. The lowest BCUT2D eigenvalue weighted by molar-refractivity contribution is 0.242. The quantitative estimate of drug-likeness (QED) is 0.719. The van der Waals surface area contributed by atoms with Crippen molar-refractivity contribution in [1.82, 2.24) is 9.29 Å². The predicted molar refractivity (Wildman–Crippen MR) is 107 cm³/mol. The molecule has 27 heavy (non-hydrogen) atoms. The van der Waals surface area contributed by atoms with Gasteiger partial charge in [-0.1, -0.05) is 18.2 Å². The van der Waals surface area contributed by atoms with Crippen LogP contribution < -0.4 is 4.74 Å². The van der Waals surface area contributed by atoms with Gasteiger partial charge in [0.2, 0.25) is 10.0 Å². The SMILES string of the molecule is CC(C)Oc1ccc(S(=O)(=O)N2CCC(c3c[nH]c4ccccc34)C2)cc1. The van der Waals surface area contributed by atoms with E-state index in [9.17, 15) is 8.42 Å². The molecule has 3 aromatic rings. The molecule has 1 fully saturated rings. The lowest BCUT2D eigenvalue weighted by atomic mass is 9.98. The van der Waals surface area contributed by atoms with Crippen molar-refractivity contribution in [1.29, 1.82) is 0 Å². The summed E-state index contributed by atoms with van der Waals surface area (Å²) >= 11 is 0. The fraction of sp³-hybridized carbons (Fsp3) is 0.333. The summed E-state index contributed by atoms with van der Waals surface area (Å²) in [5.74, 6) is 0.890. The number of aromatic amines is 1. The topological polar surface area (TPSA) is 62.4 Å². The molecule has 0 radical (unpaired) electrons. The highest BCUT2D eigenvalue weighted by molar-refractivity contribution is 7.89. The molecule has 0 bridgehead atoms. The minimum absolute atomic E-state index is 0.0583. The molecule has 1 aliphatic rings. The highest BCUT2D eigenvalue weighted by atomic mass is 32.2. The van der Waals surface area contributed by atoms with Gasteiger partial charge in [0.1, 0.15) is 5.75 Å². The zero-order chi connectivity index (χ0) is 19.0. The van der Waals surface area contributed by atoms with Crippen LogP contribution in [0.3, 0.4) is 0 Å². The van der Waals surface area contributed by atoms with E-state index in [1.165, 1.54) is 10.9 Å². The van der Waals surface area contributed by atoms with Crippen molar-refractivity contribution in [3.63, 3.8) is 0 Å². The minimum atomic E-state index is -3.49. The van der Waals surface area contributed by atoms with Crippen LogP contribution in [0.2, 0.25) is 0 Å². The number of rotatable bonds is 5. The molecule has 4 rings (SSSR count). The number of nitrogens with one attached hydrogen (secondary N) is 1. The van der Waals surface area contributed by atoms with E-state index in [1.54, 1.807) is 28.6 Å². The Morgan fingerprint density at radius 3 is 2.59 bits per heavy atom. The number of fused-ring (bicyclic) bond motifs is 1. The number of ether oxygens (including phenoxy) is 1. The molecule has 1 atom stereocenters. The highest BCUT2D eigenvalue weighted by Crippen LogP contribution is 2.35. The molecule has 2 heterocycles. The molecule has 0 aliphatic carbocycles. The smallest absolute Gasteiger partial charge is 0.243 e. The molecule has 1 unspecified atom stereocenters. The zero-order valence-electron chi connectivity index (χ0n) is 15.6. The first kappa shape index (κ1) is 18.1. The van der Waals surface area contributed by atoms with Crippen LogP contribution in [0.4, 0.5) is 0 Å². The van der Waals surface area contributed by atoms with E-state index in [-0.39, 0.29) is 12.0 Å². The maximum atomic E-state index is 13.0. The monoisotopic (exact) mass is 384 g/mol. The van der Waals surface area contributed by atoms with Crippen LogP contribution in [0.1, 0.15) is 31.7 Å². The van der Waals surface area contributed by atoms with Gasteiger partial charge in [-0.05, 0) is 56.2 Å². The van der Waals surface area contributed by atoms with E-state index in [0.717, 1.165) is 11.9 Å². The summed E-state index contributed by atoms with van der Waals surface area (Å²) in [5.41, 5.74) is 2.29. The Hall–Kier alpha value is -2.31. The van der Waals surface area contributed by atoms with Crippen molar-refractivity contribution < 1.29 is 13.2 Å². The third-order valence-corrected chi connectivity index (χ3v) is 6.92. The number of aromatic nitrogens is 1. The molecule has 6 heteroatoms. The molecule has 142 valence electrons. The van der Waals surface area contributed by atoms with Crippen LogP contribution in [-0.4, -0.2) is 36.9 Å². The molecule has 1 saturated heterocycles. The third kappa shape index (κ3) is 3.47. The van der Waals surface area contributed by atoms with E-state index < -0.39 is 10.0 Å². The lowest BCUT2D eigenvalue weighted by Gasteiger charge is -2.17. The van der Waals surface area contributed by atoms with Crippen molar-refractivity contribution in [2.24, 2.45) is 0 Å². The first-order valence-corrected chi connectivity index (χ1v) is 10.7. The van der Waals surface area contributed by atoms with Gasteiger partial charge in [-0.15, -0.1) is 0 Å². The number of benzene rings is 2. The summed E-state index contributed by atoms with van der Waals surface area (Å²) in [6, 6.07) is 14.9. The molecule has 0 saturated carbocycles. The number of H-pyrrole nitrogens is 1. The van der Waals surface area contributed by atoms with E-state index in [0.29, 0.717) is 23.7 Å². The van der Waals surface area contributed by atoms with Crippen LogP contribution in [0, 0.1) is 0 Å². The van der Waals surface area contributed by atoms with Gasteiger partial charge in [0, 0.05) is 36.1 Å². The first-order valence-electron chi connectivity index (χ1n) is 9.28. The molecule has 0 spiro atoms. The van der Waals surface area contributed by atoms with Gasteiger partial charge in [-0.3, -0.25) is 0 Å². The van der Waals surface area contributed by atoms with Gasteiger partial charge in [-0.2, -0.15) is 4.31 Å². The zero-order valence-corrected chi connectivity index (χ0v) is 16.4. The van der Waals surface area contributed by atoms with Gasteiger partial charge in [-0.25, -0.2) is 8.42 Å². The standard InChI is InChI=1S/C21H24N2O3S/c1-15(2)26-17-7-9-18(10-8-17)27(24,25)23-12-11-16(14-23)20-13-22-21-6-4-3-5-19(20)21/h3-10,13,15-16,22H,11-12,14H2,1-2H3. The number of hydrogen-bond acceptors (Lipinski definition) is 3. The Bertz CT molecular complexity index is 1040. The van der Waals surface area contributed by atoms with Crippen LogP contribution in [0.5, 0.6) is 5.75 Å². The van der Waals surface area contributed by atoms with E-state index in [2.05, 4.69) is 11.1 Å². The van der Waals surface area contributed by atoms with Gasteiger partial charge in [0.05, 0.1) is 11.0 Å². The highest BCUT2D eigenvalue weighted by Gasteiger charge is 2.34. The summed E-state index contributed by atoms with van der Waals surface area (Å²) in [7, 11) is -3.49. The number of para-hydroxylation sites is 1. The average Bonchev–Trinajstić information content (AvgIpc) is 3.29. The molecule has 1 aliphatic heterocycles. The van der Waals surface area contributed by atoms with E-state index in [4.69, 9.17) is 4.74 Å². The van der Waals surface area contributed by atoms with Gasteiger partial charge < -0.3 is 9.72 Å². The summed E-state index contributed by atoms with van der Waals surface area (Å²) < 4.78 is 33.2. The van der Waals surface area contributed by atoms with Crippen molar-refractivity contribution in [3.05, 3.63) is 60.3 Å². The second kappa shape index (κ2) is 7.02. The summed E-state index contributed by atoms with van der Waals surface area (Å²) in [4.78, 5) is 3.61. The van der Waals surface area contributed by atoms with Crippen molar-refractivity contribution in [3.8, 4) is 5.75 Å². The Labute approximate surface area is 160 Å². The van der Waals surface area contributed by atoms with Crippen LogP contribution in [-0.2, 0) is 10.0 Å². The molecule has 5 nitrogen and oxygen atoms in total. The van der Waals surface area contributed by atoms with Crippen molar-refractivity contribution in [2.75, 3.05) is 13.1 Å². The van der Waals surface area contributed by atoms with Crippen LogP contribution in [0.25, 0.3) is 10.9 Å². The Morgan fingerprint density at radius 1 is 1.11 bits per heavy atom. The van der Waals surface area contributed by atoms with Crippen molar-refractivity contribution in [2.45, 2.75) is 37.2 Å². The number of sulfonamides is 1. The summed E-state index contributed by atoms with van der Waals surface area (Å²) in [5, 5.41) is 1.18. The Kier molecular flexibility index (Phi) is 4.70. The van der Waals surface area contributed by atoms with E-state index >= 15 is 0 Å². The maximum Gasteiger partial charge on any atom is 0.243 e.